The maximum atomic E-state index is 11.8. The monoisotopic (exact) mass is 313 g/mol. The molecule has 0 unspecified atom stereocenters. The number of benzene rings is 1. The Hall–Kier alpha value is -1.17. The second-order valence-electron chi connectivity index (χ2n) is 5.03. The maximum absolute atomic E-state index is 11.8. The number of aromatic nitrogens is 1. The van der Waals surface area contributed by atoms with E-state index in [0.29, 0.717) is 18.9 Å². The number of amides is 1. The van der Waals surface area contributed by atoms with Crippen molar-refractivity contribution < 1.29 is 4.79 Å². The highest BCUT2D eigenvalue weighted by atomic mass is 35.5. The number of carbonyl (C=O) groups is 1. The van der Waals surface area contributed by atoms with E-state index in [1.807, 2.05) is 24.3 Å². The van der Waals surface area contributed by atoms with Crippen LogP contribution in [-0.4, -0.2) is 16.9 Å². The third-order valence-corrected chi connectivity index (χ3v) is 3.85. The van der Waals surface area contributed by atoms with Gasteiger partial charge in [0.15, 0.2) is 0 Å². The van der Waals surface area contributed by atoms with Crippen molar-refractivity contribution in [2.45, 2.75) is 32.9 Å². The van der Waals surface area contributed by atoms with Crippen molar-refractivity contribution >= 4 is 39.9 Å². The molecule has 6 heteroatoms. The molecule has 1 heterocycles. The van der Waals surface area contributed by atoms with Gasteiger partial charge in [-0.3, -0.25) is 4.79 Å². The lowest BCUT2D eigenvalue weighted by molar-refractivity contribution is -0.122. The van der Waals surface area contributed by atoms with Crippen LogP contribution < -0.4 is 11.1 Å². The van der Waals surface area contributed by atoms with E-state index in [1.54, 1.807) is 11.3 Å². The van der Waals surface area contributed by atoms with Gasteiger partial charge in [-0.1, -0.05) is 26.0 Å². The summed E-state index contributed by atoms with van der Waals surface area (Å²) < 4.78 is 1.14. The average Bonchev–Trinajstić information content (AvgIpc) is 2.77. The number of hydrogen-bond donors (Lipinski definition) is 2. The highest BCUT2D eigenvalue weighted by Crippen LogP contribution is 2.21. The minimum atomic E-state index is -0.436. The molecule has 0 bridgehead atoms. The van der Waals surface area contributed by atoms with Gasteiger partial charge >= 0.3 is 0 Å². The predicted octanol–water partition coefficient (Wildman–Crippen LogP) is 2.71. The fraction of sp³-hybridized carbons (Fsp3) is 0.429. The number of halogens is 1. The van der Waals surface area contributed by atoms with Crippen molar-refractivity contribution in [2.75, 3.05) is 0 Å². The van der Waals surface area contributed by atoms with Crippen molar-refractivity contribution in [1.29, 1.82) is 0 Å². The minimum Gasteiger partial charge on any atom is -0.348 e. The second kappa shape index (κ2) is 7.57. The Labute approximate surface area is 129 Å². The van der Waals surface area contributed by atoms with Gasteiger partial charge in [-0.2, -0.15) is 0 Å². The van der Waals surface area contributed by atoms with Crippen LogP contribution in [0.15, 0.2) is 24.3 Å². The summed E-state index contributed by atoms with van der Waals surface area (Å²) in [5.41, 5.74) is 6.80. The first-order chi connectivity index (χ1) is 9.06. The van der Waals surface area contributed by atoms with Crippen molar-refractivity contribution in [1.82, 2.24) is 10.3 Å². The van der Waals surface area contributed by atoms with Gasteiger partial charge in [-0.25, -0.2) is 4.98 Å². The molecule has 2 rings (SSSR count). The molecule has 3 N–H and O–H groups in total. The maximum Gasteiger partial charge on any atom is 0.237 e. The number of nitrogens with zero attached hydrogens (tertiary/aromatic N) is 1. The Bertz CT molecular complexity index is 537. The van der Waals surface area contributed by atoms with Gasteiger partial charge in [0, 0.05) is 0 Å². The number of carbonyl (C=O) groups excluding carboxylic acids is 1. The van der Waals surface area contributed by atoms with Gasteiger partial charge in [0.1, 0.15) is 5.01 Å². The van der Waals surface area contributed by atoms with Crippen LogP contribution in [0.3, 0.4) is 0 Å². The zero-order chi connectivity index (χ0) is 13.8. The molecule has 1 atom stereocenters. The highest BCUT2D eigenvalue weighted by molar-refractivity contribution is 7.18. The van der Waals surface area contributed by atoms with Gasteiger partial charge in [0.2, 0.25) is 5.91 Å². The minimum absolute atomic E-state index is 0. The van der Waals surface area contributed by atoms with Gasteiger partial charge in [0.05, 0.1) is 22.8 Å². The molecule has 1 aromatic heterocycles. The summed E-state index contributed by atoms with van der Waals surface area (Å²) in [5, 5.41) is 3.76. The lowest BCUT2D eigenvalue weighted by Gasteiger charge is -2.13. The number of nitrogens with one attached hydrogen (secondary N) is 1. The molecule has 2 aromatic rings. The third-order valence-electron chi connectivity index (χ3n) is 2.81. The molecule has 0 spiro atoms. The first-order valence-electron chi connectivity index (χ1n) is 6.44. The Morgan fingerprint density at radius 1 is 1.40 bits per heavy atom. The van der Waals surface area contributed by atoms with E-state index in [-0.39, 0.29) is 18.3 Å². The van der Waals surface area contributed by atoms with Crippen molar-refractivity contribution in [3.63, 3.8) is 0 Å². The quantitative estimate of drug-likeness (QED) is 0.891. The smallest absolute Gasteiger partial charge is 0.237 e. The van der Waals surface area contributed by atoms with Crippen molar-refractivity contribution in [3.05, 3.63) is 29.3 Å². The first kappa shape index (κ1) is 16.9. The van der Waals surface area contributed by atoms with Crippen LogP contribution in [0.1, 0.15) is 25.3 Å². The van der Waals surface area contributed by atoms with Gasteiger partial charge in [-0.15, -0.1) is 23.7 Å². The number of fused-ring (bicyclic) bond motifs is 1. The summed E-state index contributed by atoms with van der Waals surface area (Å²) in [6.07, 6.45) is 0.700. The van der Waals surface area contributed by atoms with Crippen LogP contribution in [0.25, 0.3) is 10.2 Å². The molecule has 1 amide bonds. The van der Waals surface area contributed by atoms with E-state index in [2.05, 4.69) is 24.1 Å². The summed E-state index contributed by atoms with van der Waals surface area (Å²) in [6, 6.07) is 7.52. The fourth-order valence-electron chi connectivity index (χ4n) is 1.90. The molecule has 0 radical (unpaired) electrons. The molecular formula is C14H20ClN3OS. The fourth-order valence-corrected chi connectivity index (χ4v) is 2.81. The summed E-state index contributed by atoms with van der Waals surface area (Å²) in [6.45, 7) is 4.56. The molecule has 0 saturated heterocycles. The SMILES string of the molecule is CC(C)C[C@H](N)C(=O)NCc1nc2ccccc2s1.Cl. The molecule has 0 fully saturated rings. The molecule has 110 valence electrons. The number of rotatable bonds is 5. The third kappa shape index (κ3) is 4.44. The topological polar surface area (TPSA) is 68.0 Å². The molecular weight excluding hydrogens is 294 g/mol. The largest absolute Gasteiger partial charge is 0.348 e. The van der Waals surface area contributed by atoms with Crippen LogP contribution in [0.2, 0.25) is 0 Å². The van der Waals surface area contributed by atoms with Crippen LogP contribution >= 0.6 is 23.7 Å². The molecule has 4 nitrogen and oxygen atoms in total. The van der Waals surface area contributed by atoms with E-state index in [4.69, 9.17) is 5.73 Å². The number of hydrogen-bond acceptors (Lipinski definition) is 4. The molecule has 0 aliphatic rings. The zero-order valence-electron chi connectivity index (χ0n) is 11.6. The number of thiazole rings is 1. The standard InChI is InChI=1S/C14H19N3OS.ClH/c1-9(2)7-10(15)14(18)16-8-13-17-11-5-3-4-6-12(11)19-13;/h3-6,9-10H,7-8,15H2,1-2H3,(H,16,18);1H/t10-;/m0./s1. The summed E-state index contributed by atoms with van der Waals surface area (Å²) in [5.74, 6) is 0.316. The average molecular weight is 314 g/mol. The van der Waals surface area contributed by atoms with Crippen molar-refractivity contribution in [2.24, 2.45) is 11.7 Å². The van der Waals surface area contributed by atoms with E-state index < -0.39 is 6.04 Å². The summed E-state index contributed by atoms with van der Waals surface area (Å²) in [7, 11) is 0. The van der Waals surface area contributed by atoms with Crippen LogP contribution in [-0.2, 0) is 11.3 Å². The van der Waals surface area contributed by atoms with Gasteiger partial charge in [0.25, 0.3) is 0 Å². The van der Waals surface area contributed by atoms with E-state index in [1.165, 1.54) is 0 Å². The molecule has 0 aliphatic carbocycles. The molecule has 0 saturated carbocycles. The number of para-hydroxylation sites is 1. The normalized spacial score (nSPS) is 12.2. The number of nitrogens with two attached hydrogens (primary N) is 1. The highest BCUT2D eigenvalue weighted by Gasteiger charge is 2.15. The van der Waals surface area contributed by atoms with Crippen molar-refractivity contribution in [3.8, 4) is 0 Å². The van der Waals surface area contributed by atoms with E-state index >= 15 is 0 Å². The first-order valence-corrected chi connectivity index (χ1v) is 7.25. The Kier molecular flexibility index (Phi) is 6.39. The van der Waals surface area contributed by atoms with Gasteiger partial charge < -0.3 is 11.1 Å². The summed E-state index contributed by atoms with van der Waals surface area (Å²) >= 11 is 1.60. The van der Waals surface area contributed by atoms with Crippen LogP contribution in [0, 0.1) is 5.92 Å². The lowest BCUT2D eigenvalue weighted by atomic mass is 10.0. The Morgan fingerprint density at radius 2 is 2.10 bits per heavy atom. The Balaban J connectivity index is 0.00000200. The van der Waals surface area contributed by atoms with Crippen LogP contribution in [0.5, 0.6) is 0 Å². The van der Waals surface area contributed by atoms with E-state index in [0.717, 1.165) is 15.2 Å². The molecule has 1 aromatic carbocycles. The second-order valence-corrected chi connectivity index (χ2v) is 6.14. The van der Waals surface area contributed by atoms with E-state index in [9.17, 15) is 4.79 Å². The van der Waals surface area contributed by atoms with Crippen LogP contribution in [0.4, 0.5) is 0 Å². The molecule has 0 aliphatic heterocycles. The predicted molar refractivity (Wildman–Crippen MR) is 86.1 cm³/mol. The summed E-state index contributed by atoms with van der Waals surface area (Å²) in [4.78, 5) is 16.3. The lowest BCUT2D eigenvalue weighted by Crippen LogP contribution is -2.40. The molecule has 20 heavy (non-hydrogen) atoms. The van der Waals surface area contributed by atoms with Gasteiger partial charge in [-0.05, 0) is 24.5 Å². The zero-order valence-corrected chi connectivity index (χ0v) is 13.3. The Morgan fingerprint density at radius 3 is 2.75 bits per heavy atom.